The van der Waals surface area contributed by atoms with E-state index in [2.05, 4.69) is 10.00 Å². The summed E-state index contributed by atoms with van der Waals surface area (Å²) >= 11 is 7.88. The molecule has 1 saturated heterocycles. The number of methoxy groups -OCH3 is 1. The van der Waals surface area contributed by atoms with Gasteiger partial charge in [-0.2, -0.15) is 5.10 Å². The van der Waals surface area contributed by atoms with Gasteiger partial charge in [0.25, 0.3) is 5.91 Å². The molecule has 2 aromatic carbocycles. The number of rotatable bonds is 8. The van der Waals surface area contributed by atoms with Crippen molar-refractivity contribution in [3.05, 3.63) is 64.9 Å². The van der Waals surface area contributed by atoms with Crippen LogP contribution in [0, 0.1) is 6.92 Å². The summed E-state index contributed by atoms with van der Waals surface area (Å²) in [4.78, 5) is 22.9. The van der Waals surface area contributed by atoms with Crippen LogP contribution in [0.5, 0.6) is 5.75 Å². The minimum atomic E-state index is -0.134. The van der Waals surface area contributed by atoms with Gasteiger partial charge in [0.05, 0.1) is 53.2 Å². The molecule has 8 nitrogen and oxygen atoms in total. The minimum absolute atomic E-state index is 0.134. The average Bonchev–Trinajstić information content (AvgIpc) is 3.52. The van der Waals surface area contributed by atoms with Crippen molar-refractivity contribution in [3.8, 4) is 11.4 Å². The molecule has 0 bridgehead atoms. The first-order chi connectivity index (χ1) is 17.6. The largest absolute Gasteiger partial charge is 0.494 e. The summed E-state index contributed by atoms with van der Waals surface area (Å²) in [6.07, 6.45) is 2.44. The number of halogens is 1. The summed E-state index contributed by atoms with van der Waals surface area (Å²) in [7, 11) is 1.61. The number of para-hydroxylation sites is 1. The number of hydrogen-bond donors (Lipinski definition) is 0. The second-order valence-electron chi connectivity index (χ2n) is 8.58. The first kappa shape index (κ1) is 24.7. The first-order valence-corrected chi connectivity index (χ1v) is 13.1. The topological polar surface area (TPSA) is 72.7 Å². The number of ether oxygens (including phenoxy) is 2. The Balaban J connectivity index is 1.47. The fourth-order valence-electron chi connectivity index (χ4n) is 4.38. The number of morpholine rings is 1. The lowest BCUT2D eigenvalue weighted by Gasteiger charge is -2.27. The molecular weight excluding hydrogens is 498 g/mol. The Hall–Kier alpha value is -2.98. The summed E-state index contributed by atoms with van der Waals surface area (Å²) in [5.74, 6) is 0.497. The SMILES string of the molecule is COc1ccc(Cl)c2sc(N(CCCN3CCOCC3)C(=O)c3cnn(-c4ccccc4)c3C)nc12. The van der Waals surface area contributed by atoms with E-state index >= 15 is 0 Å². The Kier molecular flexibility index (Phi) is 7.52. The number of benzene rings is 2. The molecule has 36 heavy (non-hydrogen) atoms. The summed E-state index contributed by atoms with van der Waals surface area (Å²) in [6, 6.07) is 13.4. The fourth-order valence-corrected chi connectivity index (χ4v) is 5.66. The van der Waals surface area contributed by atoms with E-state index in [0.717, 1.165) is 55.4 Å². The van der Waals surface area contributed by atoms with E-state index in [-0.39, 0.29) is 5.91 Å². The molecule has 2 aromatic heterocycles. The van der Waals surface area contributed by atoms with E-state index in [1.54, 1.807) is 35.0 Å². The highest BCUT2D eigenvalue weighted by atomic mass is 35.5. The van der Waals surface area contributed by atoms with Crippen molar-refractivity contribution in [2.75, 3.05) is 51.4 Å². The molecule has 0 unspecified atom stereocenters. The smallest absolute Gasteiger partial charge is 0.263 e. The van der Waals surface area contributed by atoms with Gasteiger partial charge in [-0.05, 0) is 37.6 Å². The van der Waals surface area contributed by atoms with Crippen LogP contribution in [0.25, 0.3) is 15.9 Å². The minimum Gasteiger partial charge on any atom is -0.494 e. The zero-order valence-corrected chi connectivity index (χ0v) is 21.9. The molecule has 10 heteroatoms. The number of hydrogen-bond acceptors (Lipinski definition) is 7. The van der Waals surface area contributed by atoms with Crippen LogP contribution in [-0.2, 0) is 4.74 Å². The maximum Gasteiger partial charge on any atom is 0.263 e. The van der Waals surface area contributed by atoms with Crippen LogP contribution in [0.1, 0.15) is 22.5 Å². The maximum atomic E-state index is 14.0. The van der Waals surface area contributed by atoms with Gasteiger partial charge < -0.3 is 9.47 Å². The van der Waals surface area contributed by atoms with E-state index in [0.29, 0.717) is 33.5 Å². The molecule has 1 aliphatic rings. The predicted molar refractivity (Wildman–Crippen MR) is 143 cm³/mol. The summed E-state index contributed by atoms with van der Waals surface area (Å²) in [6.45, 7) is 6.62. The van der Waals surface area contributed by atoms with Crippen LogP contribution in [0.2, 0.25) is 5.02 Å². The molecule has 0 radical (unpaired) electrons. The number of aromatic nitrogens is 3. The quantitative estimate of drug-likeness (QED) is 0.328. The van der Waals surface area contributed by atoms with Crippen molar-refractivity contribution < 1.29 is 14.3 Å². The van der Waals surface area contributed by atoms with E-state index in [4.69, 9.17) is 26.1 Å². The summed E-state index contributed by atoms with van der Waals surface area (Å²) in [5.41, 5.74) is 2.89. The van der Waals surface area contributed by atoms with Gasteiger partial charge in [0.1, 0.15) is 11.3 Å². The van der Waals surface area contributed by atoms with Crippen LogP contribution in [0.4, 0.5) is 5.13 Å². The number of fused-ring (bicyclic) bond motifs is 1. The third-order valence-corrected chi connectivity index (χ3v) is 7.88. The molecule has 4 aromatic rings. The third-order valence-electron chi connectivity index (χ3n) is 6.34. The molecule has 5 rings (SSSR count). The molecule has 1 aliphatic heterocycles. The van der Waals surface area contributed by atoms with Crippen molar-refractivity contribution in [3.63, 3.8) is 0 Å². The molecule has 0 saturated carbocycles. The molecule has 0 N–H and O–H groups in total. The lowest BCUT2D eigenvalue weighted by molar-refractivity contribution is 0.0376. The number of carbonyl (C=O) groups excluding carboxylic acids is 1. The van der Waals surface area contributed by atoms with Gasteiger partial charge in [0, 0.05) is 26.2 Å². The lowest BCUT2D eigenvalue weighted by atomic mass is 10.2. The first-order valence-electron chi connectivity index (χ1n) is 11.9. The number of nitrogens with zero attached hydrogens (tertiary/aromatic N) is 5. The molecule has 1 amide bonds. The molecule has 188 valence electrons. The lowest BCUT2D eigenvalue weighted by Crippen LogP contribution is -2.39. The van der Waals surface area contributed by atoms with Crippen LogP contribution >= 0.6 is 22.9 Å². The highest BCUT2D eigenvalue weighted by Gasteiger charge is 2.26. The van der Waals surface area contributed by atoms with Gasteiger partial charge >= 0.3 is 0 Å². The van der Waals surface area contributed by atoms with Crippen molar-refractivity contribution in [2.24, 2.45) is 0 Å². The Labute approximate surface area is 219 Å². The molecule has 3 heterocycles. The maximum absolute atomic E-state index is 14.0. The monoisotopic (exact) mass is 525 g/mol. The van der Waals surface area contributed by atoms with Crippen molar-refractivity contribution in [1.82, 2.24) is 19.7 Å². The van der Waals surface area contributed by atoms with Gasteiger partial charge in [-0.15, -0.1) is 0 Å². The standard InChI is InChI=1S/C26H28ClN5O3S/c1-18-20(17-28-32(18)19-7-4-3-5-8-19)25(33)31(12-6-11-30-13-15-35-16-14-30)26-29-23-22(34-2)10-9-21(27)24(23)36-26/h3-5,7-10,17H,6,11-16H2,1-2H3. The normalized spacial score (nSPS) is 14.3. The second-order valence-corrected chi connectivity index (χ2v) is 9.96. The number of anilines is 1. The van der Waals surface area contributed by atoms with Crippen molar-refractivity contribution in [1.29, 1.82) is 0 Å². The van der Waals surface area contributed by atoms with Gasteiger partial charge in [-0.1, -0.05) is 41.1 Å². The Morgan fingerprint density at radius 1 is 1.19 bits per heavy atom. The van der Waals surface area contributed by atoms with Gasteiger partial charge in [0.2, 0.25) is 0 Å². The van der Waals surface area contributed by atoms with Gasteiger partial charge in [0.15, 0.2) is 5.13 Å². The number of thiazole rings is 1. The Morgan fingerprint density at radius 3 is 2.72 bits per heavy atom. The van der Waals surface area contributed by atoms with Crippen LogP contribution < -0.4 is 9.64 Å². The third kappa shape index (κ3) is 4.97. The van der Waals surface area contributed by atoms with E-state index in [1.807, 2.05) is 37.3 Å². The molecule has 0 atom stereocenters. The predicted octanol–water partition coefficient (Wildman–Crippen LogP) is 4.82. The zero-order valence-electron chi connectivity index (χ0n) is 20.3. The number of carbonyl (C=O) groups is 1. The zero-order chi connectivity index (χ0) is 25.1. The van der Waals surface area contributed by atoms with Crippen molar-refractivity contribution in [2.45, 2.75) is 13.3 Å². The second kappa shape index (κ2) is 11.0. The average molecular weight is 526 g/mol. The van der Waals surface area contributed by atoms with E-state index in [9.17, 15) is 4.79 Å². The Bertz CT molecular complexity index is 1350. The highest BCUT2D eigenvalue weighted by molar-refractivity contribution is 7.23. The fraction of sp³-hybridized carbons (Fsp3) is 0.346. The van der Waals surface area contributed by atoms with Crippen LogP contribution in [-0.4, -0.2) is 72.1 Å². The number of amides is 1. The van der Waals surface area contributed by atoms with E-state index in [1.165, 1.54) is 11.3 Å². The summed E-state index contributed by atoms with van der Waals surface area (Å²) < 4.78 is 13.6. The van der Waals surface area contributed by atoms with E-state index < -0.39 is 0 Å². The van der Waals surface area contributed by atoms with Gasteiger partial charge in [-0.25, -0.2) is 9.67 Å². The highest BCUT2D eigenvalue weighted by Crippen LogP contribution is 2.39. The Morgan fingerprint density at radius 2 is 1.97 bits per heavy atom. The van der Waals surface area contributed by atoms with Crippen LogP contribution in [0.15, 0.2) is 48.7 Å². The molecule has 0 spiro atoms. The summed E-state index contributed by atoms with van der Waals surface area (Å²) in [5, 5.41) is 5.69. The van der Waals surface area contributed by atoms with Crippen molar-refractivity contribution >= 4 is 44.2 Å². The molecule has 0 aliphatic carbocycles. The van der Waals surface area contributed by atoms with Crippen LogP contribution in [0.3, 0.4) is 0 Å². The molecule has 1 fully saturated rings. The van der Waals surface area contributed by atoms with Gasteiger partial charge in [-0.3, -0.25) is 14.6 Å². The molecular formula is C26H28ClN5O3S.